The number of para-hydroxylation sites is 1. The number of nitrogens with zero attached hydrogens (tertiary/aromatic N) is 3. The number of aromatic nitrogens is 2. The average molecular weight is 333 g/mol. The number of rotatable bonds is 7. The maximum atomic E-state index is 14.0. The van der Waals surface area contributed by atoms with Gasteiger partial charge >= 0.3 is 0 Å². The van der Waals surface area contributed by atoms with Crippen molar-refractivity contribution in [1.82, 2.24) is 14.7 Å². The fourth-order valence-corrected chi connectivity index (χ4v) is 2.57. The second-order valence-corrected chi connectivity index (χ2v) is 6.14. The Labute approximate surface area is 142 Å². The van der Waals surface area contributed by atoms with Crippen molar-refractivity contribution in [1.29, 1.82) is 0 Å². The highest BCUT2D eigenvalue weighted by atomic mass is 19.1. The lowest BCUT2D eigenvalue weighted by Crippen LogP contribution is -2.37. The molecule has 1 heterocycles. The van der Waals surface area contributed by atoms with Crippen LogP contribution in [-0.4, -0.2) is 47.4 Å². The van der Waals surface area contributed by atoms with Crippen molar-refractivity contribution >= 4 is 5.91 Å². The van der Waals surface area contributed by atoms with Crippen LogP contribution in [0, 0.1) is 18.7 Å². The molecule has 2 aromatic rings. The minimum atomic E-state index is -0.374. The first kappa shape index (κ1) is 18.1. The summed E-state index contributed by atoms with van der Waals surface area (Å²) in [5, 5.41) is 4.21. The number of halogens is 1. The highest BCUT2D eigenvalue weighted by Gasteiger charge is 2.22. The van der Waals surface area contributed by atoms with Gasteiger partial charge in [0, 0.05) is 20.2 Å². The van der Waals surface area contributed by atoms with Gasteiger partial charge in [0.15, 0.2) is 0 Å². The first-order valence-corrected chi connectivity index (χ1v) is 8.03. The topological polar surface area (TPSA) is 47.4 Å². The number of carbonyl (C=O) groups excluding carboxylic acids is 1. The highest BCUT2D eigenvalue weighted by Crippen LogP contribution is 2.18. The van der Waals surface area contributed by atoms with Crippen LogP contribution in [0.25, 0.3) is 5.69 Å². The predicted octanol–water partition coefficient (Wildman–Crippen LogP) is 3.06. The lowest BCUT2D eigenvalue weighted by Gasteiger charge is -2.24. The molecule has 1 amide bonds. The van der Waals surface area contributed by atoms with E-state index in [1.54, 1.807) is 37.1 Å². The van der Waals surface area contributed by atoms with Crippen LogP contribution in [0.5, 0.6) is 0 Å². The van der Waals surface area contributed by atoms with Crippen LogP contribution >= 0.6 is 0 Å². The van der Waals surface area contributed by atoms with Crippen molar-refractivity contribution in [2.24, 2.45) is 5.92 Å². The van der Waals surface area contributed by atoms with Gasteiger partial charge in [0.05, 0.1) is 24.1 Å². The summed E-state index contributed by atoms with van der Waals surface area (Å²) in [5.41, 5.74) is 1.44. The maximum absolute atomic E-state index is 14.0. The van der Waals surface area contributed by atoms with Gasteiger partial charge in [0.1, 0.15) is 11.5 Å². The standard InChI is InChI=1S/C18H24FN3O2/c1-13(2)12-21(9-10-24-4)18(23)15-11-20-22(14(15)3)17-8-6-5-7-16(17)19/h5-8,11,13H,9-10,12H2,1-4H3. The third-order valence-corrected chi connectivity index (χ3v) is 3.76. The van der Waals surface area contributed by atoms with Gasteiger partial charge in [0.2, 0.25) is 0 Å². The molecule has 1 aromatic heterocycles. The van der Waals surface area contributed by atoms with Crippen LogP contribution in [-0.2, 0) is 4.74 Å². The second kappa shape index (κ2) is 8.06. The quantitative estimate of drug-likeness (QED) is 0.782. The third kappa shape index (κ3) is 4.00. The second-order valence-electron chi connectivity index (χ2n) is 6.14. The molecule has 0 bridgehead atoms. The monoisotopic (exact) mass is 333 g/mol. The number of hydrogen-bond acceptors (Lipinski definition) is 3. The Morgan fingerprint density at radius 2 is 2.08 bits per heavy atom. The molecular formula is C18H24FN3O2. The first-order valence-electron chi connectivity index (χ1n) is 8.03. The molecule has 0 saturated heterocycles. The van der Waals surface area contributed by atoms with E-state index >= 15 is 0 Å². The van der Waals surface area contributed by atoms with Crippen molar-refractivity contribution in [2.75, 3.05) is 26.8 Å². The number of hydrogen-bond donors (Lipinski definition) is 0. The molecule has 2 rings (SSSR count). The summed E-state index contributed by atoms with van der Waals surface area (Å²) in [6.45, 7) is 7.51. The zero-order valence-corrected chi connectivity index (χ0v) is 14.6. The van der Waals surface area contributed by atoms with Crippen LogP contribution in [0.1, 0.15) is 29.9 Å². The van der Waals surface area contributed by atoms with E-state index < -0.39 is 0 Å². The minimum absolute atomic E-state index is 0.110. The molecule has 0 unspecified atom stereocenters. The van der Waals surface area contributed by atoms with E-state index in [0.29, 0.717) is 42.6 Å². The van der Waals surface area contributed by atoms with Crippen LogP contribution in [0.4, 0.5) is 4.39 Å². The molecular weight excluding hydrogens is 309 g/mol. The van der Waals surface area contributed by atoms with Crippen molar-refractivity contribution < 1.29 is 13.9 Å². The van der Waals surface area contributed by atoms with Crippen molar-refractivity contribution in [3.8, 4) is 5.69 Å². The van der Waals surface area contributed by atoms with Crippen molar-refractivity contribution in [3.63, 3.8) is 0 Å². The molecule has 0 N–H and O–H groups in total. The van der Waals surface area contributed by atoms with Crippen LogP contribution in [0.2, 0.25) is 0 Å². The van der Waals surface area contributed by atoms with Crippen molar-refractivity contribution in [3.05, 3.63) is 47.5 Å². The molecule has 0 fully saturated rings. The molecule has 0 radical (unpaired) electrons. The lowest BCUT2D eigenvalue weighted by molar-refractivity contribution is 0.0671. The minimum Gasteiger partial charge on any atom is -0.383 e. The summed E-state index contributed by atoms with van der Waals surface area (Å²) < 4.78 is 20.6. The molecule has 24 heavy (non-hydrogen) atoms. The molecule has 0 aliphatic rings. The Bertz CT molecular complexity index is 697. The Kier molecular flexibility index (Phi) is 6.09. The smallest absolute Gasteiger partial charge is 0.257 e. The SMILES string of the molecule is COCCN(CC(C)C)C(=O)c1cnn(-c2ccccc2F)c1C. The first-order chi connectivity index (χ1) is 11.5. The van der Waals surface area contributed by atoms with E-state index in [0.717, 1.165) is 0 Å². The van der Waals surface area contributed by atoms with Crippen LogP contribution in [0.15, 0.2) is 30.5 Å². The van der Waals surface area contributed by atoms with Gasteiger partial charge in [-0.25, -0.2) is 9.07 Å². The summed E-state index contributed by atoms with van der Waals surface area (Å²) in [5.74, 6) is -0.144. The van der Waals surface area contributed by atoms with E-state index in [4.69, 9.17) is 4.74 Å². The van der Waals surface area contributed by atoms with Gasteiger partial charge < -0.3 is 9.64 Å². The average Bonchev–Trinajstić information content (AvgIpc) is 2.92. The van der Waals surface area contributed by atoms with Gasteiger partial charge in [-0.1, -0.05) is 26.0 Å². The van der Waals surface area contributed by atoms with Gasteiger partial charge in [-0.3, -0.25) is 4.79 Å². The lowest BCUT2D eigenvalue weighted by atomic mass is 10.1. The molecule has 0 spiro atoms. The van der Waals surface area contributed by atoms with Gasteiger partial charge in [-0.15, -0.1) is 0 Å². The zero-order valence-electron chi connectivity index (χ0n) is 14.6. The summed E-state index contributed by atoms with van der Waals surface area (Å²) in [4.78, 5) is 14.6. The maximum Gasteiger partial charge on any atom is 0.257 e. The number of benzene rings is 1. The summed E-state index contributed by atoms with van der Waals surface area (Å²) in [7, 11) is 1.61. The van der Waals surface area contributed by atoms with Crippen LogP contribution in [0.3, 0.4) is 0 Å². The van der Waals surface area contributed by atoms with Gasteiger partial charge in [0.25, 0.3) is 5.91 Å². The van der Waals surface area contributed by atoms with Crippen LogP contribution < -0.4 is 0 Å². The van der Waals surface area contributed by atoms with E-state index in [1.165, 1.54) is 16.9 Å². The molecule has 6 heteroatoms. The number of carbonyl (C=O) groups is 1. The van der Waals surface area contributed by atoms with Crippen molar-refractivity contribution in [2.45, 2.75) is 20.8 Å². The molecule has 130 valence electrons. The fraction of sp³-hybridized carbons (Fsp3) is 0.444. The number of amides is 1. The molecule has 0 atom stereocenters. The van der Waals surface area contributed by atoms with E-state index in [-0.39, 0.29) is 11.7 Å². The normalized spacial score (nSPS) is 11.1. The Morgan fingerprint density at radius 3 is 2.71 bits per heavy atom. The van der Waals surface area contributed by atoms with E-state index in [9.17, 15) is 9.18 Å². The summed E-state index contributed by atoms with van der Waals surface area (Å²) in [6, 6.07) is 6.38. The number of methoxy groups -OCH3 is 1. The number of ether oxygens (including phenoxy) is 1. The van der Waals surface area contributed by atoms with Gasteiger partial charge in [-0.2, -0.15) is 5.10 Å². The highest BCUT2D eigenvalue weighted by molar-refractivity contribution is 5.95. The molecule has 1 aromatic carbocycles. The van der Waals surface area contributed by atoms with Gasteiger partial charge in [-0.05, 0) is 25.0 Å². The van der Waals surface area contributed by atoms with E-state index in [2.05, 4.69) is 18.9 Å². The molecule has 0 saturated carbocycles. The summed E-state index contributed by atoms with van der Waals surface area (Å²) >= 11 is 0. The Morgan fingerprint density at radius 1 is 1.38 bits per heavy atom. The zero-order chi connectivity index (χ0) is 17.7. The predicted molar refractivity (Wildman–Crippen MR) is 90.9 cm³/mol. The molecule has 0 aliphatic heterocycles. The fourth-order valence-electron chi connectivity index (χ4n) is 2.57. The summed E-state index contributed by atoms with van der Waals surface area (Å²) in [6.07, 6.45) is 1.50. The molecule has 0 aliphatic carbocycles. The third-order valence-electron chi connectivity index (χ3n) is 3.76. The Balaban J connectivity index is 2.31. The Hall–Kier alpha value is -2.21. The largest absolute Gasteiger partial charge is 0.383 e. The van der Waals surface area contributed by atoms with E-state index in [1.807, 2.05) is 0 Å². The molecule has 5 nitrogen and oxygen atoms in total.